The van der Waals surface area contributed by atoms with E-state index in [4.69, 9.17) is 4.74 Å². The molecule has 110 valence electrons. The van der Waals surface area contributed by atoms with E-state index in [0.717, 1.165) is 24.1 Å². The number of benzene rings is 1. The molecule has 2 aliphatic rings. The summed E-state index contributed by atoms with van der Waals surface area (Å²) in [6, 6.07) is 6.60. The maximum absolute atomic E-state index is 5.59. The van der Waals surface area contributed by atoms with Gasteiger partial charge in [-0.15, -0.1) is 0 Å². The molecule has 20 heavy (non-hydrogen) atoms. The number of nitrogens with one attached hydrogen (secondary N) is 1. The fraction of sp³-hybridized carbons (Fsp3) is 0.667. The Morgan fingerprint density at radius 1 is 1.35 bits per heavy atom. The molecular formula is C18H27NO. The molecule has 2 fully saturated rings. The van der Waals surface area contributed by atoms with Crippen molar-refractivity contribution in [1.29, 1.82) is 0 Å². The van der Waals surface area contributed by atoms with Gasteiger partial charge in [0.15, 0.2) is 0 Å². The van der Waals surface area contributed by atoms with E-state index in [1.807, 2.05) is 0 Å². The molecule has 0 heterocycles. The highest BCUT2D eigenvalue weighted by atomic mass is 16.5. The van der Waals surface area contributed by atoms with Gasteiger partial charge in [-0.25, -0.2) is 0 Å². The summed E-state index contributed by atoms with van der Waals surface area (Å²) in [6.45, 7) is 3.32. The number of ether oxygens (including phenoxy) is 1. The van der Waals surface area contributed by atoms with Crippen LogP contribution in [0.4, 0.5) is 0 Å². The summed E-state index contributed by atoms with van der Waals surface area (Å²) in [5.41, 5.74) is 3.19. The van der Waals surface area contributed by atoms with Crippen molar-refractivity contribution >= 4 is 0 Å². The summed E-state index contributed by atoms with van der Waals surface area (Å²) in [5.74, 6) is 2.95. The van der Waals surface area contributed by atoms with Crippen LogP contribution in [0, 0.1) is 24.2 Å². The van der Waals surface area contributed by atoms with E-state index in [9.17, 15) is 0 Å². The second-order valence-electron chi connectivity index (χ2n) is 6.96. The lowest BCUT2D eigenvalue weighted by Gasteiger charge is -2.38. The summed E-state index contributed by atoms with van der Waals surface area (Å²) in [4.78, 5) is 0. The second kappa shape index (κ2) is 5.40. The normalized spacial score (nSPS) is 31.8. The Bertz CT molecular complexity index is 484. The van der Waals surface area contributed by atoms with E-state index in [2.05, 4.69) is 37.5 Å². The van der Waals surface area contributed by atoms with Crippen molar-refractivity contribution in [3.63, 3.8) is 0 Å². The molecule has 3 unspecified atom stereocenters. The molecule has 1 aromatic rings. The van der Waals surface area contributed by atoms with Crippen LogP contribution >= 0.6 is 0 Å². The van der Waals surface area contributed by atoms with E-state index in [-0.39, 0.29) is 0 Å². The number of hydrogen-bond acceptors (Lipinski definition) is 2. The molecule has 3 atom stereocenters. The minimum atomic E-state index is 0.457. The molecule has 0 amide bonds. The van der Waals surface area contributed by atoms with Crippen LogP contribution in [-0.4, -0.2) is 20.7 Å². The molecule has 2 heteroatoms. The van der Waals surface area contributed by atoms with Gasteiger partial charge in [0.2, 0.25) is 0 Å². The van der Waals surface area contributed by atoms with Crippen LogP contribution in [0.1, 0.15) is 36.8 Å². The molecule has 2 saturated carbocycles. The Morgan fingerprint density at radius 3 is 2.80 bits per heavy atom. The van der Waals surface area contributed by atoms with Crippen LogP contribution in [-0.2, 0) is 6.42 Å². The van der Waals surface area contributed by atoms with Gasteiger partial charge >= 0.3 is 0 Å². The fourth-order valence-electron chi connectivity index (χ4n) is 4.83. The van der Waals surface area contributed by atoms with E-state index in [1.165, 1.54) is 43.2 Å². The molecule has 3 rings (SSSR count). The molecule has 0 radical (unpaired) electrons. The highest BCUT2D eigenvalue weighted by molar-refractivity contribution is 5.38. The van der Waals surface area contributed by atoms with Crippen LogP contribution in [0.25, 0.3) is 0 Å². The van der Waals surface area contributed by atoms with Crippen molar-refractivity contribution in [2.45, 2.75) is 39.0 Å². The first-order valence-corrected chi connectivity index (χ1v) is 7.95. The molecule has 1 aromatic carbocycles. The Balaban J connectivity index is 1.89. The number of rotatable bonds is 5. The monoisotopic (exact) mass is 273 g/mol. The second-order valence-corrected chi connectivity index (χ2v) is 6.96. The minimum Gasteiger partial charge on any atom is -0.496 e. The maximum atomic E-state index is 5.59. The third-order valence-electron chi connectivity index (χ3n) is 5.61. The third-order valence-corrected chi connectivity index (χ3v) is 5.61. The molecule has 0 aliphatic heterocycles. The Morgan fingerprint density at radius 2 is 2.20 bits per heavy atom. The summed E-state index contributed by atoms with van der Waals surface area (Å²) >= 11 is 0. The van der Waals surface area contributed by atoms with Gasteiger partial charge in [-0.2, -0.15) is 0 Å². The van der Waals surface area contributed by atoms with E-state index >= 15 is 0 Å². The van der Waals surface area contributed by atoms with Gasteiger partial charge < -0.3 is 10.1 Å². The zero-order valence-corrected chi connectivity index (χ0v) is 13.0. The van der Waals surface area contributed by atoms with Gasteiger partial charge in [0.05, 0.1) is 7.11 Å². The zero-order valence-electron chi connectivity index (χ0n) is 13.0. The van der Waals surface area contributed by atoms with Crippen LogP contribution < -0.4 is 10.1 Å². The Kier molecular flexibility index (Phi) is 3.76. The smallest absolute Gasteiger partial charge is 0.122 e. The lowest BCUT2D eigenvalue weighted by molar-refractivity contribution is 0.158. The highest BCUT2D eigenvalue weighted by Crippen LogP contribution is 2.57. The standard InChI is InChI=1S/C18H27NO/c1-13-4-7-17(20-3)15(8-13)11-18(12-19-2)10-14-5-6-16(18)9-14/h4,7-8,14,16,19H,5-6,9-12H2,1-3H3. The Labute approximate surface area is 122 Å². The van der Waals surface area contributed by atoms with Gasteiger partial charge in [0.25, 0.3) is 0 Å². The fourth-order valence-corrected chi connectivity index (χ4v) is 4.83. The third kappa shape index (κ3) is 2.35. The number of fused-ring (bicyclic) bond motifs is 2. The summed E-state index contributed by atoms with van der Waals surface area (Å²) < 4.78 is 5.59. The van der Waals surface area contributed by atoms with Crippen molar-refractivity contribution in [2.75, 3.05) is 20.7 Å². The van der Waals surface area contributed by atoms with Crippen LogP contribution in [0.2, 0.25) is 0 Å². The van der Waals surface area contributed by atoms with Crippen molar-refractivity contribution in [2.24, 2.45) is 17.3 Å². The molecule has 2 bridgehead atoms. The number of methoxy groups -OCH3 is 1. The Hall–Kier alpha value is -1.02. The van der Waals surface area contributed by atoms with Crippen molar-refractivity contribution in [1.82, 2.24) is 5.32 Å². The number of aryl methyl sites for hydroxylation is 1. The molecule has 0 aromatic heterocycles. The number of hydrogen-bond donors (Lipinski definition) is 1. The quantitative estimate of drug-likeness (QED) is 0.885. The largest absolute Gasteiger partial charge is 0.496 e. The molecule has 2 nitrogen and oxygen atoms in total. The molecule has 0 spiro atoms. The van der Waals surface area contributed by atoms with Crippen molar-refractivity contribution in [3.05, 3.63) is 29.3 Å². The topological polar surface area (TPSA) is 21.3 Å². The summed E-state index contributed by atoms with van der Waals surface area (Å²) in [5, 5.41) is 3.47. The summed E-state index contributed by atoms with van der Waals surface area (Å²) in [6.07, 6.45) is 6.91. The first-order valence-electron chi connectivity index (χ1n) is 7.95. The van der Waals surface area contributed by atoms with Crippen LogP contribution in [0.3, 0.4) is 0 Å². The van der Waals surface area contributed by atoms with Crippen LogP contribution in [0.5, 0.6) is 5.75 Å². The average Bonchev–Trinajstić information content (AvgIpc) is 3.00. The molecule has 1 N–H and O–H groups in total. The SMILES string of the molecule is CNCC1(Cc2cc(C)ccc2OC)CC2CCC1C2. The lowest BCUT2D eigenvalue weighted by atomic mass is 9.69. The summed E-state index contributed by atoms with van der Waals surface area (Å²) in [7, 11) is 3.89. The highest BCUT2D eigenvalue weighted by Gasteiger charge is 2.50. The lowest BCUT2D eigenvalue weighted by Crippen LogP contribution is -2.39. The maximum Gasteiger partial charge on any atom is 0.122 e. The van der Waals surface area contributed by atoms with E-state index in [1.54, 1.807) is 7.11 Å². The predicted octanol–water partition coefficient (Wildman–Crippen LogP) is 3.57. The van der Waals surface area contributed by atoms with Gasteiger partial charge in [0.1, 0.15) is 5.75 Å². The average molecular weight is 273 g/mol. The van der Waals surface area contributed by atoms with Gasteiger partial charge in [-0.3, -0.25) is 0 Å². The van der Waals surface area contributed by atoms with E-state index < -0.39 is 0 Å². The van der Waals surface area contributed by atoms with Gasteiger partial charge in [0, 0.05) is 6.54 Å². The van der Waals surface area contributed by atoms with Gasteiger partial charge in [-0.05, 0) is 68.5 Å². The molecular weight excluding hydrogens is 246 g/mol. The van der Waals surface area contributed by atoms with Gasteiger partial charge in [-0.1, -0.05) is 24.1 Å². The first-order chi connectivity index (χ1) is 9.66. The predicted molar refractivity (Wildman–Crippen MR) is 83.2 cm³/mol. The van der Waals surface area contributed by atoms with Crippen molar-refractivity contribution in [3.8, 4) is 5.75 Å². The van der Waals surface area contributed by atoms with E-state index in [0.29, 0.717) is 5.41 Å². The van der Waals surface area contributed by atoms with Crippen LogP contribution in [0.15, 0.2) is 18.2 Å². The zero-order chi connectivity index (χ0) is 14.2. The van der Waals surface area contributed by atoms with Crippen molar-refractivity contribution < 1.29 is 4.74 Å². The first kappa shape index (κ1) is 13.9. The molecule has 0 saturated heterocycles. The minimum absolute atomic E-state index is 0.457. The molecule has 2 aliphatic carbocycles.